The van der Waals surface area contributed by atoms with Gasteiger partial charge in [-0.15, -0.1) is 21.5 Å². The molecule has 0 fully saturated rings. The van der Waals surface area contributed by atoms with Gasteiger partial charge >= 0.3 is 5.97 Å². The van der Waals surface area contributed by atoms with E-state index in [1.165, 1.54) is 11.3 Å². The summed E-state index contributed by atoms with van der Waals surface area (Å²) in [6.45, 7) is 4.04. The lowest BCUT2D eigenvalue weighted by atomic mass is 10.3. The van der Waals surface area contributed by atoms with Crippen LogP contribution in [0.5, 0.6) is 0 Å². The summed E-state index contributed by atoms with van der Waals surface area (Å²) in [5.74, 6) is -0.482. The third-order valence-electron chi connectivity index (χ3n) is 1.94. The van der Waals surface area contributed by atoms with Crippen LogP contribution in [0.2, 0.25) is 0 Å². The molecule has 4 nitrogen and oxygen atoms in total. The van der Waals surface area contributed by atoms with Crippen molar-refractivity contribution in [1.29, 1.82) is 0 Å². The quantitative estimate of drug-likeness (QED) is 0.457. The fourth-order valence-corrected chi connectivity index (χ4v) is 2.09. The lowest BCUT2D eigenvalue weighted by Crippen LogP contribution is -2.17. The fourth-order valence-electron chi connectivity index (χ4n) is 1.16. The van der Waals surface area contributed by atoms with Crippen LogP contribution in [0.15, 0.2) is 27.7 Å². The molecule has 0 bridgehead atoms. The Balaban J connectivity index is 2.94. The number of hydrogen-bond donors (Lipinski definition) is 0. The van der Waals surface area contributed by atoms with Gasteiger partial charge in [-0.05, 0) is 24.8 Å². The largest absolute Gasteiger partial charge is 0.461 e. The minimum absolute atomic E-state index is 0.195. The van der Waals surface area contributed by atoms with E-state index in [-0.39, 0.29) is 5.71 Å². The molecule has 0 amide bonds. The molecule has 0 aliphatic heterocycles. The molecular formula is C12H15ClN2O2S. The minimum atomic E-state index is -0.482. The summed E-state index contributed by atoms with van der Waals surface area (Å²) >= 11 is 7.27. The standard InChI is InChI=1S/C12H15ClN2O2S/c1-3-6-10(13)14-15-11(12(16)17-4-2)9-7-5-8-18-9/h5,7-8H,3-4,6H2,1-2H3. The predicted molar refractivity (Wildman–Crippen MR) is 75.7 cm³/mol. The van der Waals surface area contributed by atoms with Crippen LogP contribution in [0.4, 0.5) is 0 Å². The van der Waals surface area contributed by atoms with E-state index in [1.54, 1.807) is 13.0 Å². The molecule has 1 aromatic heterocycles. The number of nitrogens with zero attached hydrogens (tertiary/aromatic N) is 2. The number of rotatable bonds is 6. The third-order valence-corrected chi connectivity index (χ3v) is 3.08. The van der Waals surface area contributed by atoms with Crippen LogP contribution in [0.25, 0.3) is 0 Å². The van der Waals surface area contributed by atoms with Crippen molar-refractivity contribution in [1.82, 2.24) is 0 Å². The maximum atomic E-state index is 11.8. The zero-order valence-corrected chi connectivity index (χ0v) is 11.9. The average molecular weight is 287 g/mol. The van der Waals surface area contributed by atoms with Gasteiger partial charge in [0.05, 0.1) is 11.5 Å². The van der Waals surface area contributed by atoms with E-state index in [9.17, 15) is 4.79 Å². The first-order valence-electron chi connectivity index (χ1n) is 5.70. The van der Waals surface area contributed by atoms with Crippen molar-refractivity contribution in [3.05, 3.63) is 22.4 Å². The predicted octanol–water partition coefficient (Wildman–Crippen LogP) is 3.45. The number of hydrogen-bond acceptors (Lipinski definition) is 5. The van der Waals surface area contributed by atoms with E-state index < -0.39 is 5.97 Å². The molecule has 0 saturated carbocycles. The zero-order chi connectivity index (χ0) is 13.4. The molecule has 1 aromatic rings. The second-order valence-corrected chi connectivity index (χ2v) is 4.76. The van der Waals surface area contributed by atoms with Gasteiger partial charge in [-0.25, -0.2) is 4.79 Å². The Morgan fingerprint density at radius 1 is 1.44 bits per heavy atom. The summed E-state index contributed by atoms with van der Waals surface area (Å²) in [7, 11) is 0. The lowest BCUT2D eigenvalue weighted by Gasteiger charge is -2.02. The molecule has 1 rings (SSSR count). The summed E-state index contributed by atoms with van der Waals surface area (Å²) in [5.41, 5.74) is 0.195. The number of carbonyl (C=O) groups excluding carboxylic acids is 1. The smallest absolute Gasteiger partial charge is 0.360 e. The molecule has 0 aromatic carbocycles. The summed E-state index contributed by atoms with van der Waals surface area (Å²) in [5, 5.41) is 10.0. The summed E-state index contributed by atoms with van der Waals surface area (Å²) in [6, 6.07) is 3.63. The van der Waals surface area contributed by atoms with Crippen LogP contribution >= 0.6 is 22.9 Å². The van der Waals surface area contributed by atoms with Crippen LogP contribution in [-0.2, 0) is 9.53 Å². The molecule has 6 heteroatoms. The molecular weight excluding hydrogens is 272 g/mol. The van der Waals surface area contributed by atoms with Crippen LogP contribution in [0.3, 0.4) is 0 Å². The van der Waals surface area contributed by atoms with Gasteiger partial charge in [-0.2, -0.15) is 0 Å². The first kappa shape index (κ1) is 14.9. The zero-order valence-electron chi connectivity index (χ0n) is 10.4. The van der Waals surface area contributed by atoms with Crippen LogP contribution < -0.4 is 0 Å². The van der Waals surface area contributed by atoms with E-state index in [4.69, 9.17) is 16.3 Å². The molecule has 0 saturated heterocycles. The molecule has 0 atom stereocenters. The van der Waals surface area contributed by atoms with E-state index in [1.807, 2.05) is 18.4 Å². The summed E-state index contributed by atoms with van der Waals surface area (Å²) < 4.78 is 4.94. The Labute approximate surface area is 115 Å². The monoisotopic (exact) mass is 286 g/mol. The van der Waals surface area contributed by atoms with E-state index >= 15 is 0 Å². The van der Waals surface area contributed by atoms with Crippen molar-refractivity contribution < 1.29 is 9.53 Å². The van der Waals surface area contributed by atoms with Gasteiger partial charge < -0.3 is 4.74 Å². The Kier molecular flexibility index (Phi) is 6.60. The van der Waals surface area contributed by atoms with E-state index in [0.29, 0.717) is 18.2 Å². The third kappa shape index (κ3) is 4.58. The number of esters is 1. The lowest BCUT2D eigenvalue weighted by molar-refractivity contribution is -0.134. The molecule has 1 heterocycles. The maximum Gasteiger partial charge on any atom is 0.360 e. The molecule has 18 heavy (non-hydrogen) atoms. The van der Waals surface area contributed by atoms with Crippen molar-refractivity contribution in [2.45, 2.75) is 26.7 Å². The average Bonchev–Trinajstić information content (AvgIpc) is 2.83. The van der Waals surface area contributed by atoms with E-state index in [2.05, 4.69) is 10.2 Å². The first-order chi connectivity index (χ1) is 8.69. The van der Waals surface area contributed by atoms with Gasteiger partial charge in [0.1, 0.15) is 5.17 Å². The molecule has 0 aliphatic rings. The van der Waals surface area contributed by atoms with Gasteiger partial charge in [0.25, 0.3) is 0 Å². The highest BCUT2D eigenvalue weighted by molar-refractivity contribution is 7.13. The first-order valence-corrected chi connectivity index (χ1v) is 6.95. The van der Waals surface area contributed by atoms with Gasteiger partial charge in [0.2, 0.25) is 0 Å². The number of ether oxygens (including phenoxy) is 1. The molecule has 0 spiro atoms. The second-order valence-electron chi connectivity index (χ2n) is 3.37. The molecule has 0 radical (unpaired) electrons. The molecule has 0 N–H and O–H groups in total. The van der Waals surface area contributed by atoms with Crippen molar-refractivity contribution >= 4 is 39.8 Å². The van der Waals surface area contributed by atoms with Gasteiger partial charge in [0.15, 0.2) is 5.71 Å². The highest BCUT2D eigenvalue weighted by atomic mass is 35.5. The number of halogens is 1. The van der Waals surface area contributed by atoms with Gasteiger partial charge in [-0.3, -0.25) is 0 Å². The van der Waals surface area contributed by atoms with Crippen molar-refractivity contribution in [2.24, 2.45) is 10.2 Å². The Hall–Kier alpha value is -1.20. The number of carbonyl (C=O) groups is 1. The minimum Gasteiger partial charge on any atom is -0.461 e. The summed E-state index contributed by atoms with van der Waals surface area (Å²) in [4.78, 5) is 12.5. The normalized spacial score (nSPS) is 12.6. The van der Waals surface area contributed by atoms with Crippen molar-refractivity contribution in [2.75, 3.05) is 6.61 Å². The van der Waals surface area contributed by atoms with E-state index in [0.717, 1.165) is 11.3 Å². The van der Waals surface area contributed by atoms with Gasteiger partial charge in [0, 0.05) is 6.42 Å². The molecule has 98 valence electrons. The fraction of sp³-hybridized carbons (Fsp3) is 0.417. The SMILES string of the molecule is CCCC(Cl)=NN=C(C(=O)OCC)c1cccs1. The Morgan fingerprint density at radius 3 is 2.78 bits per heavy atom. The second kappa shape index (κ2) is 8.00. The Bertz CT molecular complexity index is 441. The number of thiophene rings is 1. The molecule has 0 aliphatic carbocycles. The van der Waals surface area contributed by atoms with Crippen LogP contribution in [0.1, 0.15) is 31.6 Å². The molecule has 0 unspecified atom stereocenters. The van der Waals surface area contributed by atoms with Crippen LogP contribution in [-0.4, -0.2) is 23.5 Å². The Morgan fingerprint density at radius 2 is 2.22 bits per heavy atom. The highest BCUT2D eigenvalue weighted by Crippen LogP contribution is 2.12. The topological polar surface area (TPSA) is 51.0 Å². The van der Waals surface area contributed by atoms with Crippen LogP contribution in [0, 0.1) is 0 Å². The summed E-state index contributed by atoms with van der Waals surface area (Å²) in [6.07, 6.45) is 1.52. The van der Waals surface area contributed by atoms with Crippen molar-refractivity contribution in [3.63, 3.8) is 0 Å². The maximum absolute atomic E-state index is 11.8. The van der Waals surface area contributed by atoms with Gasteiger partial charge in [-0.1, -0.05) is 24.6 Å². The highest BCUT2D eigenvalue weighted by Gasteiger charge is 2.16. The van der Waals surface area contributed by atoms with Crippen molar-refractivity contribution in [3.8, 4) is 0 Å².